The van der Waals surface area contributed by atoms with Gasteiger partial charge in [0.25, 0.3) is 0 Å². The Kier molecular flexibility index (Phi) is 6.99. The van der Waals surface area contributed by atoms with Crippen molar-refractivity contribution < 1.29 is 18.7 Å². The molecular formula is C26H27F2N3O2. The smallest absolute Gasteiger partial charge is 0.307 e. The molecule has 1 aromatic heterocycles. The number of hydrogen-bond acceptors (Lipinski definition) is 4. The number of aliphatic carboxylic acids is 1. The van der Waals surface area contributed by atoms with Crippen molar-refractivity contribution in [1.82, 2.24) is 10.3 Å². The van der Waals surface area contributed by atoms with Crippen molar-refractivity contribution in [2.75, 3.05) is 18.4 Å². The van der Waals surface area contributed by atoms with Crippen LogP contribution in [0.1, 0.15) is 41.3 Å². The van der Waals surface area contributed by atoms with E-state index >= 15 is 0 Å². The fourth-order valence-electron chi connectivity index (χ4n) is 4.42. The number of benzene rings is 2. The molecule has 0 amide bonds. The monoisotopic (exact) mass is 451 g/mol. The van der Waals surface area contributed by atoms with E-state index in [-0.39, 0.29) is 35.7 Å². The molecule has 0 saturated carbocycles. The van der Waals surface area contributed by atoms with E-state index in [1.54, 1.807) is 12.1 Å². The highest BCUT2D eigenvalue weighted by Gasteiger charge is 2.28. The Morgan fingerprint density at radius 3 is 2.73 bits per heavy atom. The fraction of sp³-hybridized carbons (Fsp3) is 0.308. The number of carboxylic acids is 1. The predicted molar refractivity (Wildman–Crippen MR) is 123 cm³/mol. The Labute approximate surface area is 191 Å². The van der Waals surface area contributed by atoms with E-state index in [1.807, 2.05) is 25.1 Å². The van der Waals surface area contributed by atoms with E-state index in [4.69, 9.17) is 5.11 Å². The standard InChI is InChI=1S/C26H27F2N3O2/c1-16(18-7-8-22(28)19(9-18)11-25(32)33)13-31-26(17-5-3-2-4-6-17)20-10-23-24(29-14-20)12-21(27)15-30-23/h2-9,12,15-16,20,26,29,31H,10-11,13-14H2,1H3,(H,32,33)/t16-,20-,26-/m1/s1. The quantitative estimate of drug-likeness (QED) is 0.463. The third-order valence-electron chi connectivity index (χ3n) is 6.20. The molecule has 2 aromatic carbocycles. The molecule has 0 spiro atoms. The normalized spacial score (nSPS) is 17.0. The summed E-state index contributed by atoms with van der Waals surface area (Å²) in [5.74, 6) is -1.67. The van der Waals surface area contributed by atoms with Crippen molar-refractivity contribution in [3.05, 3.63) is 94.8 Å². The Bertz CT molecular complexity index is 1120. The molecule has 33 heavy (non-hydrogen) atoms. The predicted octanol–water partition coefficient (Wildman–Crippen LogP) is 4.71. The van der Waals surface area contributed by atoms with Crippen LogP contribution in [0, 0.1) is 17.6 Å². The average molecular weight is 452 g/mol. The van der Waals surface area contributed by atoms with Crippen LogP contribution in [-0.2, 0) is 17.6 Å². The minimum absolute atomic E-state index is 0.0279. The van der Waals surface area contributed by atoms with Crippen molar-refractivity contribution in [2.24, 2.45) is 5.92 Å². The zero-order chi connectivity index (χ0) is 23.4. The van der Waals surface area contributed by atoms with Gasteiger partial charge in [-0.05, 0) is 35.1 Å². The maximum atomic E-state index is 14.0. The van der Waals surface area contributed by atoms with Crippen LogP contribution >= 0.6 is 0 Å². The number of nitrogens with one attached hydrogen (secondary N) is 2. The first-order valence-electron chi connectivity index (χ1n) is 11.1. The number of aromatic nitrogens is 1. The third kappa shape index (κ3) is 5.54. The van der Waals surface area contributed by atoms with Crippen LogP contribution in [-0.4, -0.2) is 29.1 Å². The molecule has 3 atom stereocenters. The van der Waals surface area contributed by atoms with Crippen LogP contribution < -0.4 is 10.6 Å². The zero-order valence-corrected chi connectivity index (χ0v) is 18.4. The van der Waals surface area contributed by atoms with Crippen LogP contribution in [0.15, 0.2) is 60.8 Å². The van der Waals surface area contributed by atoms with Gasteiger partial charge in [-0.1, -0.05) is 49.4 Å². The first-order valence-corrected chi connectivity index (χ1v) is 11.1. The van der Waals surface area contributed by atoms with Crippen molar-refractivity contribution in [1.29, 1.82) is 0 Å². The van der Waals surface area contributed by atoms with Gasteiger partial charge in [0.15, 0.2) is 0 Å². The van der Waals surface area contributed by atoms with Crippen LogP contribution in [0.3, 0.4) is 0 Å². The molecule has 1 aliphatic heterocycles. The van der Waals surface area contributed by atoms with Gasteiger partial charge in [-0.2, -0.15) is 0 Å². The Hall–Kier alpha value is -3.32. The number of pyridine rings is 1. The summed E-state index contributed by atoms with van der Waals surface area (Å²) in [7, 11) is 0. The van der Waals surface area contributed by atoms with Gasteiger partial charge in [-0.3, -0.25) is 9.78 Å². The molecule has 0 bridgehead atoms. The number of fused-ring (bicyclic) bond motifs is 1. The number of anilines is 1. The Morgan fingerprint density at radius 1 is 1.18 bits per heavy atom. The molecule has 0 unspecified atom stereocenters. The van der Waals surface area contributed by atoms with Crippen LogP contribution in [0.4, 0.5) is 14.5 Å². The van der Waals surface area contributed by atoms with Crippen LogP contribution in [0.2, 0.25) is 0 Å². The number of carboxylic acid groups (broad SMARTS) is 1. The summed E-state index contributed by atoms with van der Waals surface area (Å²) in [6.45, 7) is 3.34. The van der Waals surface area contributed by atoms with E-state index in [1.165, 1.54) is 18.3 Å². The Morgan fingerprint density at radius 2 is 1.97 bits per heavy atom. The molecule has 0 radical (unpaired) electrons. The molecule has 0 fully saturated rings. The number of rotatable bonds is 8. The van der Waals surface area contributed by atoms with E-state index in [9.17, 15) is 13.6 Å². The van der Waals surface area contributed by atoms with E-state index in [2.05, 4.69) is 27.8 Å². The van der Waals surface area contributed by atoms with Crippen molar-refractivity contribution in [3.8, 4) is 0 Å². The molecule has 0 aliphatic carbocycles. The second-order valence-electron chi connectivity index (χ2n) is 8.61. The van der Waals surface area contributed by atoms with E-state index in [0.29, 0.717) is 19.5 Å². The zero-order valence-electron chi connectivity index (χ0n) is 18.4. The topological polar surface area (TPSA) is 74.2 Å². The van der Waals surface area contributed by atoms with Gasteiger partial charge in [-0.25, -0.2) is 8.78 Å². The molecule has 7 heteroatoms. The lowest BCUT2D eigenvalue weighted by Crippen LogP contribution is -2.37. The summed E-state index contributed by atoms with van der Waals surface area (Å²) < 4.78 is 27.5. The highest BCUT2D eigenvalue weighted by atomic mass is 19.1. The van der Waals surface area contributed by atoms with Gasteiger partial charge in [0.05, 0.1) is 24.0 Å². The fourth-order valence-corrected chi connectivity index (χ4v) is 4.42. The number of hydrogen-bond donors (Lipinski definition) is 3. The second-order valence-corrected chi connectivity index (χ2v) is 8.61. The summed E-state index contributed by atoms with van der Waals surface area (Å²) in [4.78, 5) is 15.3. The summed E-state index contributed by atoms with van der Waals surface area (Å²) in [6.07, 6.45) is 1.62. The molecule has 3 aromatic rings. The van der Waals surface area contributed by atoms with E-state index < -0.39 is 11.8 Å². The lowest BCUT2D eigenvalue weighted by atomic mass is 9.86. The highest BCUT2D eigenvalue weighted by molar-refractivity contribution is 5.70. The third-order valence-corrected chi connectivity index (χ3v) is 6.20. The van der Waals surface area contributed by atoms with Crippen LogP contribution in [0.5, 0.6) is 0 Å². The van der Waals surface area contributed by atoms with Gasteiger partial charge >= 0.3 is 5.97 Å². The Balaban J connectivity index is 1.51. The largest absolute Gasteiger partial charge is 0.481 e. The van der Waals surface area contributed by atoms with Crippen molar-refractivity contribution in [3.63, 3.8) is 0 Å². The average Bonchev–Trinajstić information content (AvgIpc) is 2.81. The first-order chi connectivity index (χ1) is 15.9. The second kappa shape index (κ2) is 10.1. The van der Waals surface area contributed by atoms with Gasteiger partial charge in [-0.15, -0.1) is 0 Å². The van der Waals surface area contributed by atoms with Crippen LogP contribution in [0.25, 0.3) is 0 Å². The lowest BCUT2D eigenvalue weighted by Gasteiger charge is -2.33. The summed E-state index contributed by atoms with van der Waals surface area (Å²) in [6, 6.07) is 16.3. The maximum Gasteiger partial charge on any atom is 0.307 e. The minimum Gasteiger partial charge on any atom is -0.481 e. The first kappa shape index (κ1) is 22.9. The molecule has 2 heterocycles. The SMILES string of the molecule is C[C@H](CN[C@H](c1ccccc1)[C@H]1CNc2cc(F)cnc2C1)c1ccc(F)c(CC(=O)O)c1. The van der Waals surface area contributed by atoms with Gasteiger partial charge in [0.2, 0.25) is 0 Å². The molecule has 4 rings (SSSR count). The number of nitrogens with zero attached hydrogens (tertiary/aromatic N) is 1. The molecule has 1 aliphatic rings. The van der Waals surface area contributed by atoms with Gasteiger partial charge in [0.1, 0.15) is 11.6 Å². The molecular weight excluding hydrogens is 424 g/mol. The molecule has 172 valence electrons. The number of halogens is 2. The molecule has 0 saturated heterocycles. The van der Waals surface area contributed by atoms with Gasteiger partial charge < -0.3 is 15.7 Å². The molecule has 3 N–H and O–H groups in total. The minimum atomic E-state index is -1.06. The summed E-state index contributed by atoms with van der Waals surface area (Å²) in [5.41, 5.74) is 3.81. The van der Waals surface area contributed by atoms with Gasteiger partial charge in [0, 0.05) is 31.1 Å². The number of carbonyl (C=O) groups is 1. The molecule has 5 nitrogen and oxygen atoms in total. The lowest BCUT2D eigenvalue weighted by molar-refractivity contribution is -0.136. The maximum absolute atomic E-state index is 14.0. The highest BCUT2D eigenvalue weighted by Crippen LogP contribution is 2.32. The summed E-state index contributed by atoms with van der Waals surface area (Å²) in [5, 5.41) is 16.0. The van der Waals surface area contributed by atoms with E-state index in [0.717, 1.165) is 22.5 Å². The van der Waals surface area contributed by atoms with Crippen molar-refractivity contribution >= 4 is 11.7 Å². The summed E-state index contributed by atoms with van der Waals surface area (Å²) >= 11 is 0. The van der Waals surface area contributed by atoms with Crippen molar-refractivity contribution in [2.45, 2.75) is 31.7 Å².